The Bertz CT molecular complexity index is 697. The molecule has 6 nitrogen and oxygen atoms in total. The van der Waals surface area contributed by atoms with Crippen molar-refractivity contribution in [2.45, 2.75) is 58.9 Å². The number of carbonyl (C=O) groups is 1. The number of piperidine rings is 1. The van der Waals surface area contributed by atoms with Crippen LogP contribution in [0.5, 0.6) is 0 Å². The fraction of sp³-hybridized carbons (Fsp3) is 0.611. The van der Waals surface area contributed by atoms with Gasteiger partial charge in [0.2, 0.25) is 5.91 Å². The van der Waals surface area contributed by atoms with Gasteiger partial charge in [-0.05, 0) is 26.7 Å². The van der Waals surface area contributed by atoms with Gasteiger partial charge in [0.1, 0.15) is 11.6 Å². The molecule has 2 aromatic heterocycles. The molecule has 0 aliphatic carbocycles. The number of imidazole rings is 1. The Morgan fingerprint density at radius 2 is 2.21 bits per heavy atom. The summed E-state index contributed by atoms with van der Waals surface area (Å²) in [6.45, 7) is 9.63. The number of aromatic nitrogens is 3. The van der Waals surface area contributed by atoms with Crippen molar-refractivity contribution in [3.63, 3.8) is 0 Å². The normalized spacial score (nSPS) is 18.4. The van der Waals surface area contributed by atoms with E-state index in [4.69, 9.17) is 4.52 Å². The molecule has 0 spiro atoms. The summed E-state index contributed by atoms with van der Waals surface area (Å²) in [6.07, 6.45) is 6.38. The van der Waals surface area contributed by atoms with Gasteiger partial charge in [-0.15, -0.1) is 0 Å². The first-order valence-corrected chi connectivity index (χ1v) is 8.69. The Balaban J connectivity index is 1.71. The topological polar surface area (TPSA) is 64.2 Å². The zero-order valence-corrected chi connectivity index (χ0v) is 15.0. The summed E-state index contributed by atoms with van der Waals surface area (Å²) in [4.78, 5) is 19.2. The fourth-order valence-corrected chi connectivity index (χ4v) is 3.51. The standard InChI is InChI=1S/C18H26N4O2/c1-12(2)18-19-7-9-22(18)15-6-5-8-21(11-15)17(23)10-16-13(3)20-24-14(16)4/h7,9,12,15H,5-6,8,10-11H2,1-4H3/t15-/m1/s1. The molecule has 0 aromatic carbocycles. The van der Waals surface area contributed by atoms with Crippen molar-refractivity contribution in [1.29, 1.82) is 0 Å². The molecule has 0 unspecified atom stereocenters. The lowest BCUT2D eigenvalue weighted by atomic mass is 10.0. The minimum Gasteiger partial charge on any atom is -0.361 e. The largest absolute Gasteiger partial charge is 0.361 e. The second kappa shape index (κ2) is 6.79. The summed E-state index contributed by atoms with van der Waals surface area (Å²) in [6, 6.07) is 0.312. The minimum absolute atomic E-state index is 0.153. The molecule has 3 heterocycles. The summed E-state index contributed by atoms with van der Waals surface area (Å²) in [7, 11) is 0. The average molecular weight is 330 g/mol. The minimum atomic E-state index is 0.153. The van der Waals surface area contributed by atoms with Crippen LogP contribution >= 0.6 is 0 Å². The second-order valence-corrected chi connectivity index (χ2v) is 6.96. The molecule has 0 N–H and O–H groups in total. The molecule has 0 saturated carbocycles. The van der Waals surface area contributed by atoms with Crippen molar-refractivity contribution in [1.82, 2.24) is 19.6 Å². The van der Waals surface area contributed by atoms with Crippen LogP contribution in [0.2, 0.25) is 0 Å². The summed E-state index contributed by atoms with van der Waals surface area (Å²) in [5, 5.41) is 3.94. The second-order valence-electron chi connectivity index (χ2n) is 6.96. The Labute approximate surface area is 142 Å². The lowest BCUT2D eigenvalue weighted by Crippen LogP contribution is -2.41. The van der Waals surface area contributed by atoms with E-state index in [1.54, 1.807) is 0 Å². The molecule has 2 aromatic rings. The zero-order chi connectivity index (χ0) is 17.3. The van der Waals surface area contributed by atoms with Crippen molar-refractivity contribution in [3.8, 4) is 0 Å². The SMILES string of the molecule is Cc1noc(C)c1CC(=O)N1CCC[C@@H](n2ccnc2C(C)C)C1. The monoisotopic (exact) mass is 330 g/mol. The van der Waals surface area contributed by atoms with Crippen molar-refractivity contribution in [3.05, 3.63) is 35.2 Å². The van der Waals surface area contributed by atoms with Crippen LogP contribution in [0.1, 0.15) is 61.5 Å². The van der Waals surface area contributed by atoms with Crippen LogP contribution in [0, 0.1) is 13.8 Å². The third-order valence-corrected chi connectivity index (χ3v) is 4.87. The van der Waals surface area contributed by atoms with E-state index in [1.165, 1.54) is 0 Å². The van der Waals surface area contributed by atoms with Gasteiger partial charge in [0.25, 0.3) is 0 Å². The average Bonchev–Trinajstić information content (AvgIpc) is 3.17. The number of nitrogens with zero attached hydrogens (tertiary/aromatic N) is 4. The Morgan fingerprint density at radius 3 is 2.88 bits per heavy atom. The summed E-state index contributed by atoms with van der Waals surface area (Å²) >= 11 is 0. The van der Waals surface area contributed by atoms with E-state index in [2.05, 4.69) is 28.6 Å². The molecule has 0 radical (unpaired) electrons. The number of amides is 1. The number of carbonyl (C=O) groups excluding carboxylic acids is 1. The van der Waals surface area contributed by atoms with Crippen LogP contribution in [0.15, 0.2) is 16.9 Å². The first-order chi connectivity index (χ1) is 11.5. The Kier molecular flexibility index (Phi) is 4.73. The van der Waals surface area contributed by atoms with Crippen LogP contribution in [0.25, 0.3) is 0 Å². The van der Waals surface area contributed by atoms with Crippen molar-refractivity contribution in [2.24, 2.45) is 0 Å². The summed E-state index contributed by atoms with van der Waals surface area (Å²) in [5.74, 6) is 2.37. The molecule has 1 amide bonds. The van der Waals surface area contributed by atoms with Gasteiger partial charge in [0.15, 0.2) is 0 Å². The molecule has 1 fully saturated rings. The maximum Gasteiger partial charge on any atom is 0.227 e. The van der Waals surface area contributed by atoms with Gasteiger partial charge in [-0.3, -0.25) is 4.79 Å². The van der Waals surface area contributed by atoms with Crippen molar-refractivity contribution < 1.29 is 9.32 Å². The van der Waals surface area contributed by atoms with Crippen LogP contribution < -0.4 is 0 Å². The third kappa shape index (κ3) is 3.23. The smallest absolute Gasteiger partial charge is 0.227 e. The first-order valence-electron chi connectivity index (χ1n) is 8.69. The molecule has 1 aliphatic heterocycles. The van der Waals surface area contributed by atoms with E-state index < -0.39 is 0 Å². The number of hydrogen-bond acceptors (Lipinski definition) is 4. The van der Waals surface area contributed by atoms with Gasteiger partial charge in [0.05, 0.1) is 18.2 Å². The van der Waals surface area contributed by atoms with Crippen molar-refractivity contribution >= 4 is 5.91 Å². The molecule has 6 heteroatoms. The highest BCUT2D eigenvalue weighted by molar-refractivity contribution is 5.79. The molecule has 24 heavy (non-hydrogen) atoms. The molecule has 3 rings (SSSR count). The molecule has 1 atom stereocenters. The van der Waals surface area contributed by atoms with Gasteiger partial charge in [-0.25, -0.2) is 4.98 Å². The van der Waals surface area contributed by atoms with Crippen LogP contribution in [0.4, 0.5) is 0 Å². The highest BCUT2D eigenvalue weighted by Crippen LogP contribution is 2.26. The molecule has 1 aliphatic rings. The third-order valence-electron chi connectivity index (χ3n) is 4.87. The molecule has 130 valence electrons. The van der Waals surface area contributed by atoms with Gasteiger partial charge >= 0.3 is 0 Å². The first kappa shape index (κ1) is 16.7. The van der Waals surface area contributed by atoms with Gasteiger partial charge in [0, 0.05) is 37.0 Å². The highest BCUT2D eigenvalue weighted by Gasteiger charge is 2.27. The van der Waals surface area contributed by atoms with Crippen LogP contribution in [-0.4, -0.2) is 38.6 Å². The van der Waals surface area contributed by atoms with E-state index >= 15 is 0 Å². The fourth-order valence-electron chi connectivity index (χ4n) is 3.51. The van der Waals surface area contributed by atoms with E-state index in [0.717, 1.165) is 48.8 Å². The maximum atomic E-state index is 12.7. The van der Waals surface area contributed by atoms with E-state index in [-0.39, 0.29) is 5.91 Å². The molecular weight excluding hydrogens is 304 g/mol. The molecular formula is C18H26N4O2. The number of rotatable bonds is 4. The molecule has 1 saturated heterocycles. The van der Waals surface area contributed by atoms with Crippen LogP contribution in [-0.2, 0) is 11.2 Å². The van der Waals surface area contributed by atoms with Gasteiger partial charge in [-0.2, -0.15) is 0 Å². The van der Waals surface area contributed by atoms with Gasteiger partial charge in [-0.1, -0.05) is 19.0 Å². The Hall–Kier alpha value is -2.11. The number of aryl methyl sites for hydroxylation is 2. The summed E-state index contributed by atoms with van der Waals surface area (Å²) < 4.78 is 7.42. The predicted molar refractivity (Wildman–Crippen MR) is 90.8 cm³/mol. The maximum absolute atomic E-state index is 12.7. The highest BCUT2D eigenvalue weighted by atomic mass is 16.5. The van der Waals surface area contributed by atoms with E-state index in [0.29, 0.717) is 18.4 Å². The zero-order valence-electron chi connectivity index (χ0n) is 15.0. The number of likely N-dealkylation sites (tertiary alicyclic amines) is 1. The molecule has 0 bridgehead atoms. The van der Waals surface area contributed by atoms with E-state index in [1.807, 2.05) is 31.1 Å². The van der Waals surface area contributed by atoms with Crippen LogP contribution in [0.3, 0.4) is 0 Å². The van der Waals surface area contributed by atoms with Gasteiger partial charge < -0.3 is 14.0 Å². The van der Waals surface area contributed by atoms with E-state index in [9.17, 15) is 4.79 Å². The lowest BCUT2D eigenvalue weighted by molar-refractivity contribution is -0.132. The summed E-state index contributed by atoms with van der Waals surface area (Å²) in [5.41, 5.74) is 1.73. The predicted octanol–water partition coefficient (Wildman–Crippen LogP) is 3.02. The lowest BCUT2D eigenvalue weighted by Gasteiger charge is -2.34. The quantitative estimate of drug-likeness (QED) is 0.864. The van der Waals surface area contributed by atoms with Crippen molar-refractivity contribution in [2.75, 3.05) is 13.1 Å². The number of hydrogen-bond donors (Lipinski definition) is 0. The Morgan fingerprint density at radius 1 is 1.42 bits per heavy atom.